The minimum absolute atomic E-state index is 0.248. The van der Waals surface area contributed by atoms with Crippen LogP contribution in [-0.4, -0.2) is 11.3 Å². The van der Waals surface area contributed by atoms with E-state index in [1.165, 1.54) is 12.1 Å². The molecule has 17 heavy (non-hydrogen) atoms. The molecule has 90 valence electrons. The Morgan fingerprint density at radius 2 is 1.82 bits per heavy atom. The van der Waals surface area contributed by atoms with Crippen LogP contribution in [0.3, 0.4) is 0 Å². The van der Waals surface area contributed by atoms with Gasteiger partial charge in [0.15, 0.2) is 0 Å². The number of aryl methyl sites for hydroxylation is 2. The summed E-state index contributed by atoms with van der Waals surface area (Å²) in [5, 5.41) is 0.824. The maximum Gasteiger partial charge on any atom is 0.573 e. The van der Waals surface area contributed by atoms with Gasteiger partial charge in [-0.1, -0.05) is 0 Å². The van der Waals surface area contributed by atoms with Crippen LogP contribution in [0.25, 0.3) is 10.9 Å². The lowest BCUT2D eigenvalue weighted by Crippen LogP contribution is -2.17. The van der Waals surface area contributed by atoms with Crippen LogP contribution in [-0.2, 0) is 0 Å². The molecule has 1 aromatic carbocycles. The van der Waals surface area contributed by atoms with Crippen LogP contribution in [0.5, 0.6) is 5.75 Å². The van der Waals surface area contributed by atoms with Gasteiger partial charge in [0.25, 0.3) is 0 Å². The fourth-order valence-electron chi connectivity index (χ4n) is 1.75. The molecule has 2 rings (SSSR count). The van der Waals surface area contributed by atoms with Crippen LogP contribution in [0.15, 0.2) is 24.3 Å². The average Bonchev–Trinajstić information content (AvgIpc) is 2.13. The van der Waals surface area contributed by atoms with E-state index in [1.54, 1.807) is 13.0 Å². The largest absolute Gasteiger partial charge is 0.573 e. The molecule has 0 atom stereocenters. The first-order valence-corrected chi connectivity index (χ1v) is 4.99. The first-order valence-electron chi connectivity index (χ1n) is 4.99. The molecule has 2 aromatic rings. The van der Waals surface area contributed by atoms with Gasteiger partial charge in [-0.15, -0.1) is 13.2 Å². The second kappa shape index (κ2) is 3.91. The van der Waals surface area contributed by atoms with Gasteiger partial charge in [0.1, 0.15) is 5.75 Å². The second-order valence-corrected chi connectivity index (χ2v) is 3.81. The summed E-state index contributed by atoms with van der Waals surface area (Å²) in [5.74, 6) is -0.248. The summed E-state index contributed by atoms with van der Waals surface area (Å²) in [4.78, 5) is 4.18. The van der Waals surface area contributed by atoms with E-state index in [4.69, 9.17) is 0 Å². The van der Waals surface area contributed by atoms with Crippen molar-refractivity contribution in [3.8, 4) is 5.75 Å². The third-order valence-corrected chi connectivity index (χ3v) is 2.35. The normalized spacial score (nSPS) is 11.8. The second-order valence-electron chi connectivity index (χ2n) is 3.81. The Kier molecular flexibility index (Phi) is 2.69. The number of hydrogen-bond donors (Lipinski definition) is 0. The van der Waals surface area contributed by atoms with Gasteiger partial charge < -0.3 is 4.74 Å². The number of hydrogen-bond acceptors (Lipinski definition) is 2. The van der Waals surface area contributed by atoms with Gasteiger partial charge in [-0.25, -0.2) is 0 Å². The van der Waals surface area contributed by atoms with E-state index >= 15 is 0 Å². The smallest absolute Gasteiger partial charge is 0.406 e. The number of aromatic nitrogens is 1. The first kappa shape index (κ1) is 11.7. The van der Waals surface area contributed by atoms with Gasteiger partial charge in [0.2, 0.25) is 0 Å². The molecule has 5 heteroatoms. The molecular weight excluding hydrogens is 231 g/mol. The number of pyridine rings is 1. The molecule has 2 nitrogen and oxygen atoms in total. The Balaban J connectivity index is 2.50. The highest BCUT2D eigenvalue weighted by atomic mass is 19.4. The number of alkyl halides is 3. The van der Waals surface area contributed by atoms with Crippen LogP contribution in [0, 0.1) is 13.8 Å². The summed E-state index contributed by atoms with van der Waals surface area (Å²) in [5.41, 5.74) is 2.24. The number of halogens is 3. The minimum Gasteiger partial charge on any atom is -0.406 e. The molecular formula is C12H10F3NO. The van der Waals surface area contributed by atoms with E-state index in [9.17, 15) is 13.2 Å². The summed E-state index contributed by atoms with van der Waals surface area (Å²) in [6, 6.07) is 6.05. The molecule has 0 aliphatic rings. The topological polar surface area (TPSA) is 22.1 Å². The van der Waals surface area contributed by atoms with Gasteiger partial charge in [-0.05, 0) is 37.6 Å². The Morgan fingerprint density at radius 3 is 2.47 bits per heavy atom. The van der Waals surface area contributed by atoms with E-state index in [0.29, 0.717) is 5.52 Å². The maximum absolute atomic E-state index is 12.1. The van der Waals surface area contributed by atoms with E-state index in [2.05, 4.69) is 9.72 Å². The molecule has 0 unspecified atom stereocenters. The zero-order chi connectivity index (χ0) is 12.6. The molecule has 0 spiro atoms. The zero-order valence-corrected chi connectivity index (χ0v) is 9.30. The van der Waals surface area contributed by atoms with Crippen molar-refractivity contribution in [2.24, 2.45) is 0 Å². The first-order chi connectivity index (χ1) is 7.85. The standard InChI is InChI=1S/C12H10F3NO/c1-7-5-8(2)16-11-6-9(3-4-10(7)11)17-12(13,14)15/h3-6H,1-2H3. The lowest BCUT2D eigenvalue weighted by Gasteiger charge is -2.10. The van der Waals surface area contributed by atoms with Crippen LogP contribution < -0.4 is 4.74 Å². The number of rotatable bonds is 1. The highest BCUT2D eigenvalue weighted by Crippen LogP contribution is 2.27. The van der Waals surface area contributed by atoms with Crippen LogP contribution in [0.2, 0.25) is 0 Å². The summed E-state index contributed by atoms with van der Waals surface area (Å²) in [6.07, 6.45) is -4.67. The molecule has 0 aliphatic heterocycles. The van der Waals surface area contributed by atoms with E-state index in [1.807, 2.05) is 13.0 Å². The van der Waals surface area contributed by atoms with Gasteiger partial charge in [0.05, 0.1) is 5.52 Å². The molecule has 0 bridgehead atoms. The number of benzene rings is 1. The van der Waals surface area contributed by atoms with Gasteiger partial charge in [-0.3, -0.25) is 4.98 Å². The molecule has 0 fully saturated rings. The zero-order valence-electron chi connectivity index (χ0n) is 9.30. The molecule has 0 saturated heterocycles. The summed E-state index contributed by atoms with van der Waals surface area (Å²) < 4.78 is 40.0. The molecule has 0 amide bonds. The molecule has 0 radical (unpaired) electrons. The molecule has 0 aliphatic carbocycles. The predicted molar refractivity (Wildman–Crippen MR) is 57.9 cm³/mol. The van der Waals surface area contributed by atoms with E-state index in [-0.39, 0.29) is 5.75 Å². The fraction of sp³-hybridized carbons (Fsp3) is 0.250. The Labute approximate surface area is 96.0 Å². The lowest BCUT2D eigenvalue weighted by atomic mass is 10.1. The third kappa shape index (κ3) is 2.67. The lowest BCUT2D eigenvalue weighted by molar-refractivity contribution is -0.274. The highest BCUT2D eigenvalue weighted by molar-refractivity contribution is 5.83. The van der Waals surface area contributed by atoms with Crippen LogP contribution in [0.1, 0.15) is 11.3 Å². The molecule has 1 heterocycles. The number of ether oxygens (including phenoxy) is 1. The summed E-state index contributed by atoms with van der Waals surface area (Å²) in [6.45, 7) is 3.69. The quantitative estimate of drug-likeness (QED) is 0.758. The van der Waals surface area contributed by atoms with Crippen LogP contribution >= 0.6 is 0 Å². The predicted octanol–water partition coefficient (Wildman–Crippen LogP) is 3.75. The van der Waals surface area contributed by atoms with Gasteiger partial charge in [-0.2, -0.15) is 0 Å². The van der Waals surface area contributed by atoms with Gasteiger partial charge in [0, 0.05) is 17.1 Å². The molecule has 0 saturated carbocycles. The van der Waals surface area contributed by atoms with Crippen molar-refractivity contribution in [1.29, 1.82) is 0 Å². The van der Waals surface area contributed by atoms with Crippen molar-refractivity contribution in [3.63, 3.8) is 0 Å². The highest BCUT2D eigenvalue weighted by Gasteiger charge is 2.31. The van der Waals surface area contributed by atoms with Crippen molar-refractivity contribution < 1.29 is 17.9 Å². The average molecular weight is 241 g/mol. The van der Waals surface area contributed by atoms with E-state index < -0.39 is 6.36 Å². The number of fused-ring (bicyclic) bond motifs is 1. The van der Waals surface area contributed by atoms with Crippen molar-refractivity contribution in [1.82, 2.24) is 4.98 Å². The van der Waals surface area contributed by atoms with Crippen LogP contribution in [0.4, 0.5) is 13.2 Å². The Bertz CT molecular complexity index is 563. The van der Waals surface area contributed by atoms with Crippen molar-refractivity contribution in [3.05, 3.63) is 35.5 Å². The SMILES string of the molecule is Cc1cc(C)c2ccc(OC(F)(F)F)cc2n1. The monoisotopic (exact) mass is 241 g/mol. The fourth-order valence-corrected chi connectivity index (χ4v) is 1.75. The van der Waals surface area contributed by atoms with Crippen molar-refractivity contribution in [2.75, 3.05) is 0 Å². The number of nitrogens with zero attached hydrogens (tertiary/aromatic N) is 1. The van der Waals surface area contributed by atoms with Crippen molar-refractivity contribution >= 4 is 10.9 Å². The van der Waals surface area contributed by atoms with Crippen molar-refractivity contribution in [2.45, 2.75) is 20.2 Å². The summed E-state index contributed by atoms with van der Waals surface area (Å²) >= 11 is 0. The molecule has 0 N–H and O–H groups in total. The molecule has 1 aromatic heterocycles. The Hall–Kier alpha value is -1.78. The van der Waals surface area contributed by atoms with Gasteiger partial charge >= 0.3 is 6.36 Å². The third-order valence-electron chi connectivity index (χ3n) is 2.35. The minimum atomic E-state index is -4.67. The Morgan fingerprint density at radius 1 is 1.12 bits per heavy atom. The maximum atomic E-state index is 12.1. The van der Waals surface area contributed by atoms with E-state index in [0.717, 1.165) is 16.6 Å². The summed E-state index contributed by atoms with van der Waals surface area (Å²) in [7, 11) is 0.